The van der Waals surface area contributed by atoms with Gasteiger partial charge >= 0.3 is 14.5 Å². The molecule has 1 aromatic rings. The first kappa shape index (κ1) is 27.8. The van der Waals surface area contributed by atoms with Crippen molar-refractivity contribution in [3.8, 4) is 0 Å². The molecule has 0 fully saturated rings. The zero-order valence-electron chi connectivity index (χ0n) is 19.5. The highest BCUT2D eigenvalue weighted by Crippen LogP contribution is 2.22. The van der Waals surface area contributed by atoms with Crippen LogP contribution in [0.2, 0.25) is 6.04 Å². The Bertz CT molecular complexity index is 739. The fourth-order valence-electron chi connectivity index (χ4n) is 3.53. The van der Waals surface area contributed by atoms with Crippen LogP contribution < -0.4 is 10.6 Å². The van der Waals surface area contributed by atoms with E-state index in [4.69, 9.17) is 0 Å². The van der Waals surface area contributed by atoms with Crippen LogP contribution in [0.15, 0.2) is 30.3 Å². The minimum atomic E-state index is -3.92. The largest absolute Gasteiger partial charge is 0.480 e. The van der Waals surface area contributed by atoms with E-state index in [0.29, 0.717) is 12.8 Å². The number of benzene rings is 1. The van der Waals surface area contributed by atoms with Gasteiger partial charge in [-0.3, -0.25) is 9.59 Å². The van der Waals surface area contributed by atoms with E-state index in [0.717, 1.165) is 5.56 Å². The van der Waals surface area contributed by atoms with Crippen molar-refractivity contribution >= 4 is 26.3 Å². The van der Waals surface area contributed by atoms with Crippen molar-refractivity contribution in [3.63, 3.8) is 0 Å². The zero-order chi connectivity index (χ0) is 24.3. The third kappa shape index (κ3) is 11.4. The number of rotatable bonds is 14. The maximum Gasteiger partial charge on any atom is 0.353 e. The summed E-state index contributed by atoms with van der Waals surface area (Å²) in [6, 6.07) is 8.32. The van der Waals surface area contributed by atoms with E-state index in [9.17, 15) is 29.1 Å². The van der Waals surface area contributed by atoms with E-state index in [1.165, 1.54) is 0 Å². The molecule has 0 radical (unpaired) electrons. The lowest BCUT2D eigenvalue weighted by Gasteiger charge is -2.27. The van der Waals surface area contributed by atoms with Gasteiger partial charge < -0.3 is 25.3 Å². The van der Waals surface area contributed by atoms with Crippen molar-refractivity contribution in [2.45, 2.75) is 65.5 Å². The van der Waals surface area contributed by atoms with E-state index < -0.39 is 32.4 Å². The van der Waals surface area contributed by atoms with Gasteiger partial charge in [0.1, 0.15) is 6.04 Å². The standard InChI is InChI=1S/C23H38N2O6Si/c1-16(2)12-19(22(27)25-20(23(28)29)13-17(3)4)14-32(30,31)15-24-21(26)11-10-18-8-6-5-7-9-18/h5-9,16-17,19-20,30-31H,10-15H2,1-4H3,(H,24,26)(H,25,27)(H,28,29)/t19-,20-/m0/s1. The maximum atomic E-state index is 12.8. The third-order valence-electron chi connectivity index (χ3n) is 5.07. The molecule has 0 saturated heterocycles. The number of carbonyl (C=O) groups excluding carboxylic acids is 2. The SMILES string of the molecule is CC(C)C[C@@H](C[Si](O)(O)CNC(=O)CCc1ccccc1)C(=O)N[C@@H](CC(C)C)C(=O)O. The van der Waals surface area contributed by atoms with Gasteiger partial charge in [0, 0.05) is 18.4 Å². The molecular weight excluding hydrogens is 428 g/mol. The van der Waals surface area contributed by atoms with E-state index in [1.54, 1.807) is 0 Å². The molecule has 0 spiro atoms. The average molecular weight is 467 g/mol. The van der Waals surface area contributed by atoms with Crippen LogP contribution in [-0.2, 0) is 20.8 Å². The van der Waals surface area contributed by atoms with E-state index in [-0.39, 0.29) is 42.8 Å². The molecular formula is C23H38N2O6Si. The average Bonchev–Trinajstić information content (AvgIpc) is 2.69. The first-order chi connectivity index (χ1) is 14.9. The number of nitrogens with one attached hydrogen (secondary N) is 2. The van der Waals surface area contributed by atoms with Gasteiger partial charge in [0.15, 0.2) is 0 Å². The van der Waals surface area contributed by atoms with Gasteiger partial charge in [0.2, 0.25) is 11.8 Å². The number of carboxylic acid groups (broad SMARTS) is 1. The Labute approximate surface area is 191 Å². The lowest BCUT2D eigenvalue weighted by Crippen LogP contribution is -2.52. The Kier molecular flexibility index (Phi) is 11.6. The van der Waals surface area contributed by atoms with Crippen molar-refractivity contribution in [3.05, 3.63) is 35.9 Å². The van der Waals surface area contributed by atoms with Gasteiger partial charge in [-0.15, -0.1) is 0 Å². The smallest absolute Gasteiger partial charge is 0.353 e. The number of carbonyl (C=O) groups is 3. The maximum absolute atomic E-state index is 12.8. The normalized spacial score (nSPS) is 13.6. The predicted molar refractivity (Wildman–Crippen MR) is 125 cm³/mol. The summed E-state index contributed by atoms with van der Waals surface area (Å²) in [6.45, 7) is 7.56. The summed E-state index contributed by atoms with van der Waals surface area (Å²) in [6.07, 6.45) is 1.16. The Morgan fingerprint density at radius 1 is 0.969 bits per heavy atom. The molecule has 0 heterocycles. The van der Waals surface area contributed by atoms with Crippen LogP contribution in [0.5, 0.6) is 0 Å². The van der Waals surface area contributed by atoms with Crippen LogP contribution in [0.4, 0.5) is 0 Å². The lowest BCUT2D eigenvalue weighted by molar-refractivity contribution is -0.143. The Hall–Kier alpha value is -2.23. The highest BCUT2D eigenvalue weighted by Gasteiger charge is 2.37. The molecule has 1 rings (SSSR count). The van der Waals surface area contributed by atoms with Gasteiger partial charge in [-0.05, 0) is 36.7 Å². The first-order valence-corrected chi connectivity index (χ1v) is 13.5. The van der Waals surface area contributed by atoms with Crippen molar-refractivity contribution in [1.29, 1.82) is 0 Å². The van der Waals surface area contributed by atoms with Crippen molar-refractivity contribution in [1.82, 2.24) is 10.6 Å². The highest BCUT2D eigenvalue weighted by molar-refractivity contribution is 6.65. The Morgan fingerprint density at radius 3 is 2.09 bits per heavy atom. The van der Waals surface area contributed by atoms with Crippen molar-refractivity contribution in [2.24, 2.45) is 17.8 Å². The van der Waals surface area contributed by atoms with Gasteiger partial charge in [0.05, 0.1) is 6.17 Å². The number of hydrogen-bond acceptors (Lipinski definition) is 5. The molecule has 0 aromatic heterocycles. The topological polar surface area (TPSA) is 136 Å². The number of aryl methyl sites for hydroxylation is 1. The molecule has 1 aromatic carbocycles. The molecule has 32 heavy (non-hydrogen) atoms. The van der Waals surface area contributed by atoms with Crippen molar-refractivity contribution < 1.29 is 29.1 Å². The summed E-state index contributed by atoms with van der Waals surface area (Å²) in [7, 11) is -3.92. The molecule has 0 saturated carbocycles. The fourth-order valence-corrected chi connectivity index (χ4v) is 5.30. The van der Waals surface area contributed by atoms with Crippen LogP contribution >= 0.6 is 0 Å². The molecule has 0 aliphatic heterocycles. The summed E-state index contributed by atoms with van der Waals surface area (Å²) in [5.41, 5.74) is 1.02. The predicted octanol–water partition coefficient (Wildman–Crippen LogP) is 1.98. The second-order valence-electron chi connectivity index (χ2n) is 9.30. The minimum Gasteiger partial charge on any atom is -0.480 e. The van der Waals surface area contributed by atoms with Gasteiger partial charge in [0.25, 0.3) is 0 Å². The molecule has 9 heteroatoms. The summed E-state index contributed by atoms with van der Waals surface area (Å²) in [5.74, 6) is -2.47. The van der Waals surface area contributed by atoms with Crippen molar-refractivity contribution in [2.75, 3.05) is 6.17 Å². The van der Waals surface area contributed by atoms with Gasteiger partial charge in [-0.1, -0.05) is 58.0 Å². The number of carboxylic acids is 1. The molecule has 2 atom stereocenters. The molecule has 2 amide bonds. The Morgan fingerprint density at radius 2 is 1.56 bits per heavy atom. The molecule has 0 bridgehead atoms. The summed E-state index contributed by atoms with van der Waals surface area (Å²) in [4.78, 5) is 57.5. The number of aliphatic carboxylic acids is 1. The van der Waals surface area contributed by atoms with Crippen LogP contribution in [-0.4, -0.2) is 53.3 Å². The quantitative estimate of drug-likeness (QED) is 0.266. The summed E-state index contributed by atoms with van der Waals surface area (Å²) >= 11 is 0. The second kappa shape index (κ2) is 13.3. The van der Waals surface area contributed by atoms with Crippen LogP contribution in [0, 0.1) is 17.8 Å². The van der Waals surface area contributed by atoms with Crippen LogP contribution in [0.1, 0.15) is 52.5 Å². The first-order valence-electron chi connectivity index (χ1n) is 11.2. The van der Waals surface area contributed by atoms with Gasteiger partial charge in [-0.25, -0.2) is 4.79 Å². The van der Waals surface area contributed by atoms with E-state index in [1.807, 2.05) is 58.0 Å². The fraction of sp³-hybridized carbons (Fsp3) is 0.609. The van der Waals surface area contributed by atoms with Crippen LogP contribution in [0.25, 0.3) is 0 Å². The minimum absolute atomic E-state index is 0.0789. The molecule has 0 unspecified atom stereocenters. The third-order valence-corrected chi connectivity index (χ3v) is 6.96. The lowest BCUT2D eigenvalue weighted by atomic mass is 9.96. The Balaban J connectivity index is 2.67. The molecule has 0 aliphatic rings. The molecule has 5 N–H and O–H groups in total. The van der Waals surface area contributed by atoms with Gasteiger partial charge in [-0.2, -0.15) is 0 Å². The number of hydrogen-bond donors (Lipinski definition) is 5. The molecule has 0 aliphatic carbocycles. The highest BCUT2D eigenvalue weighted by atomic mass is 28.4. The zero-order valence-corrected chi connectivity index (χ0v) is 20.5. The van der Waals surface area contributed by atoms with Crippen LogP contribution in [0.3, 0.4) is 0 Å². The summed E-state index contributed by atoms with van der Waals surface area (Å²) in [5, 5.41) is 14.5. The van der Waals surface area contributed by atoms with E-state index >= 15 is 0 Å². The molecule has 180 valence electrons. The number of amides is 2. The van der Waals surface area contributed by atoms with E-state index in [2.05, 4.69) is 10.6 Å². The monoisotopic (exact) mass is 466 g/mol. The second-order valence-corrected chi connectivity index (χ2v) is 12.0. The summed E-state index contributed by atoms with van der Waals surface area (Å²) < 4.78 is 0. The molecule has 8 nitrogen and oxygen atoms in total.